The van der Waals surface area contributed by atoms with Crippen LogP contribution in [0.25, 0.3) is 5.82 Å². The maximum absolute atomic E-state index is 13.2. The average Bonchev–Trinajstić information content (AvgIpc) is 2.53. The maximum atomic E-state index is 13.2. The summed E-state index contributed by atoms with van der Waals surface area (Å²) in [4.78, 5) is 3.88. The zero-order valence-electron chi connectivity index (χ0n) is 6.48. The van der Waals surface area contributed by atoms with Gasteiger partial charge in [0.2, 0.25) is 0 Å². The van der Waals surface area contributed by atoms with E-state index in [-0.39, 0.29) is 11.6 Å². The van der Waals surface area contributed by atoms with Gasteiger partial charge in [-0.3, -0.25) is 0 Å². The minimum atomic E-state index is -0.373. The maximum Gasteiger partial charge on any atom is 0.189 e. The molecule has 0 bridgehead atoms. The second-order valence-electron chi connectivity index (χ2n) is 2.41. The van der Waals surface area contributed by atoms with E-state index in [1.807, 2.05) is 0 Å². The highest BCUT2D eigenvalue weighted by atomic mass is 127. The smallest absolute Gasteiger partial charge is 0.189 e. The molecule has 0 amide bonds. The summed E-state index contributed by atoms with van der Waals surface area (Å²) in [6.07, 6.45) is 4.90. The molecule has 66 valence electrons. The van der Waals surface area contributed by atoms with E-state index in [1.54, 1.807) is 18.5 Å². The third-order valence-corrected chi connectivity index (χ3v) is 2.06. The molecule has 3 nitrogen and oxygen atoms in total. The zero-order valence-corrected chi connectivity index (χ0v) is 8.64. The molecule has 0 unspecified atom stereocenters. The number of hydrogen-bond donors (Lipinski definition) is 0. The van der Waals surface area contributed by atoms with Gasteiger partial charge < -0.3 is 0 Å². The van der Waals surface area contributed by atoms with Crippen molar-refractivity contribution < 1.29 is 4.39 Å². The molecule has 0 N–H and O–H groups in total. The normalized spacial score (nSPS) is 10.3. The molecule has 2 heterocycles. The van der Waals surface area contributed by atoms with Crippen LogP contribution < -0.4 is 0 Å². The topological polar surface area (TPSA) is 30.7 Å². The lowest BCUT2D eigenvalue weighted by atomic mass is 10.4. The summed E-state index contributed by atoms with van der Waals surface area (Å²) in [6, 6.07) is 2.91. The lowest BCUT2D eigenvalue weighted by Gasteiger charge is -1.99. The Bertz CT molecular complexity index is 427. The van der Waals surface area contributed by atoms with Gasteiger partial charge in [0.25, 0.3) is 0 Å². The SMILES string of the molecule is Fc1cccnc1-n1cc(I)cn1. The number of pyridine rings is 1. The molecule has 2 rings (SSSR count). The molecular formula is C8H5FIN3. The molecule has 0 atom stereocenters. The molecular weight excluding hydrogens is 284 g/mol. The van der Waals surface area contributed by atoms with E-state index in [0.717, 1.165) is 3.57 Å². The van der Waals surface area contributed by atoms with E-state index >= 15 is 0 Å². The molecule has 0 saturated carbocycles. The minimum absolute atomic E-state index is 0.227. The first-order valence-corrected chi connectivity index (χ1v) is 4.66. The predicted octanol–water partition coefficient (Wildman–Crippen LogP) is 2.01. The van der Waals surface area contributed by atoms with Gasteiger partial charge in [0.1, 0.15) is 0 Å². The van der Waals surface area contributed by atoms with Crippen LogP contribution >= 0.6 is 22.6 Å². The Morgan fingerprint density at radius 3 is 2.92 bits per heavy atom. The molecule has 2 aromatic heterocycles. The third-order valence-electron chi connectivity index (χ3n) is 1.51. The Morgan fingerprint density at radius 2 is 2.31 bits per heavy atom. The largest absolute Gasteiger partial charge is 0.235 e. The molecule has 2 aromatic rings. The van der Waals surface area contributed by atoms with Gasteiger partial charge in [-0.15, -0.1) is 0 Å². The van der Waals surface area contributed by atoms with Crippen molar-refractivity contribution in [2.75, 3.05) is 0 Å². The van der Waals surface area contributed by atoms with Crippen LogP contribution in [-0.2, 0) is 0 Å². The van der Waals surface area contributed by atoms with Gasteiger partial charge in [-0.1, -0.05) is 0 Å². The Morgan fingerprint density at radius 1 is 1.46 bits per heavy atom. The van der Waals surface area contributed by atoms with Gasteiger partial charge in [-0.25, -0.2) is 14.1 Å². The monoisotopic (exact) mass is 289 g/mol. The van der Waals surface area contributed by atoms with Crippen LogP contribution in [0.3, 0.4) is 0 Å². The summed E-state index contributed by atoms with van der Waals surface area (Å²) in [5.41, 5.74) is 0. The van der Waals surface area contributed by atoms with Crippen LogP contribution in [0, 0.1) is 9.39 Å². The number of rotatable bonds is 1. The summed E-state index contributed by atoms with van der Waals surface area (Å²) in [6.45, 7) is 0. The third kappa shape index (κ3) is 1.69. The molecule has 0 spiro atoms. The van der Waals surface area contributed by atoms with Crippen molar-refractivity contribution in [3.63, 3.8) is 0 Å². The molecule has 0 aliphatic carbocycles. The van der Waals surface area contributed by atoms with Crippen molar-refractivity contribution in [2.24, 2.45) is 0 Å². The van der Waals surface area contributed by atoms with Gasteiger partial charge >= 0.3 is 0 Å². The van der Waals surface area contributed by atoms with E-state index in [2.05, 4.69) is 32.7 Å². The summed E-state index contributed by atoms with van der Waals surface area (Å²) in [5, 5.41) is 3.95. The van der Waals surface area contributed by atoms with Crippen molar-refractivity contribution in [1.29, 1.82) is 0 Å². The fourth-order valence-electron chi connectivity index (χ4n) is 0.963. The Balaban J connectivity index is 2.52. The molecule has 0 aliphatic heterocycles. The molecule has 0 radical (unpaired) electrons. The molecule has 13 heavy (non-hydrogen) atoms. The van der Waals surface area contributed by atoms with E-state index in [1.165, 1.54) is 16.9 Å². The van der Waals surface area contributed by atoms with E-state index in [0.29, 0.717) is 0 Å². The quantitative estimate of drug-likeness (QED) is 0.752. The molecule has 0 fully saturated rings. The van der Waals surface area contributed by atoms with Crippen molar-refractivity contribution >= 4 is 22.6 Å². The van der Waals surface area contributed by atoms with Crippen LogP contribution in [0.5, 0.6) is 0 Å². The van der Waals surface area contributed by atoms with Crippen LogP contribution in [0.1, 0.15) is 0 Å². The number of nitrogens with zero attached hydrogens (tertiary/aromatic N) is 3. The molecule has 0 aliphatic rings. The summed E-state index contributed by atoms with van der Waals surface area (Å²) in [5.74, 6) is -0.146. The summed E-state index contributed by atoms with van der Waals surface area (Å²) in [7, 11) is 0. The Kier molecular flexibility index (Phi) is 2.26. The van der Waals surface area contributed by atoms with E-state index < -0.39 is 0 Å². The number of hydrogen-bond acceptors (Lipinski definition) is 2. The Hall–Kier alpha value is -0.980. The first kappa shape index (κ1) is 8.61. The van der Waals surface area contributed by atoms with Crippen LogP contribution in [-0.4, -0.2) is 14.8 Å². The van der Waals surface area contributed by atoms with Gasteiger partial charge in [0.05, 0.1) is 9.77 Å². The zero-order chi connectivity index (χ0) is 9.26. The number of aromatic nitrogens is 3. The molecule has 0 aromatic carbocycles. The van der Waals surface area contributed by atoms with Gasteiger partial charge in [0, 0.05) is 12.4 Å². The highest BCUT2D eigenvalue weighted by Crippen LogP contribution is 2.10. The Labute approximate surface area is 87.7 Å². The average molecular weight is 289 g/mol. The van der Waals surface area contributed by atoms with E-state index in [4.69, 9.17) is 0 Å². The highest BCUT2D eigenvalue weighted by molar-refractivity contribution is 14.1. The molecule has 0 saturated heterocycles. The van der Waals surface area contributed by atoms with Crippen LogP contribution in [0.15, 0.2) is 30.7 Å². The summed E-state index contributed by atoms with van der Waals surface area (Å²) >= 11 is 2.11. The summed E-state index contributed by atoms with van der Waals surface area (Å²) < 4.78 is 15.5. The van der Waals surface area contributed by atoms with Gasteiger partial charge in [-0.2, -0.15) is 5.10 Å². The van der Waals surface area contributed by atoms with Gasteiger partial charge in [-0.05, 0) is 34.7 Å². The van der Waals surface area contributed by atoms with Crippen molar-refractivity contribution in [1.82, 2.24) is 14.8 Å². The van der Waals surface area contributed by atoms with Crippen LogP contribution in [0.2, 0.25) is 0 Å². The molecule has 5 heteroatoms. The highest BCUT2D eigenvalue weighted by Gasteiger charge is 2.05. The first-order valence-electron chi connectivity index (χ1n) is 3.58. The van der Waals surface area contributed by atoms with Crippen molar-refractivity contribution in [3.05, 3.63) is 40.1 Å². The number of halogens is 2. The van der Waals surface area contributed by atoms with Crippen molar-refractivity contribution in [3.8, 4) is 5.82 Å². The lowest BCUT2D eigenvalue weighted by molar-refractivity contribution is 0.600. The fraction of sp³-hybridized carbons (Fsp3) is 0. The van der Waals surface area contributed by atoms with Gasteiger partial charge in [0.15, 0.2) is 11.6 Å². The minimum Gasteiger partial charge on any atom is -0.235 e. The second-order valence-corrected chi connectivity index (χ2v) is 3.66. The van der Waals surface area contributed by atoms with Crippen LogP contribution in [0.4, 0.5) is 4.39 Å². The van der Waals surface area contributed by atoms with E-state index in [9.17, 15) is 4.39 Å². The standard InChI is InChI=1S/C8H5FIN3/c9-7-2-1-3-11-8(7)13-5-6(10)4-12-13/h1-5H. The lowest BCUT2D eigenvalue weighted by Crippen LogP contribution is -2.00. The second kappa shape index (κ2) is 3.41. The fourth-order valence-corrected chi connectivity index (χ4v) is 1.35. The van der Waals surface area contributed by atoms with Crippen molar-refractivity contribution in [2.45, 2.75) is 0 Å². The first-order chi connectivity index (χ1) is 6.27. The predicted molar refractivity (Wildman–Crippen MR) is 54.0 cm³/mol.